The summed E-state index contributed by atoms with van der Waals surface area (Å²) in [5, 5.41) is 9.79. The first-order chi connectivity index (χ1) is 16.6. The molecule has 0 bridgehead atoms. The van der Waals surface area contributed by atoms with Gasteiger partial charge in [-0.05, 0) is 23.8 Å². The summed E-state index contributed by atoms with van der Waals surface area (Å²) in [7, 11) is 0. The van der Waals surface area contributed by atoms with Crippen molar-refractivity contribution in [3.05, 3.63) is 72.1 Å². The van der Waals surface area contributed by atoms with Crippen molar-refractivity contribution >= 4 is 23.4 Å². The molecule has 5 rings (SSSR count). The maximum Gasteiger partial charge on any atom is 0.255 e. The average Bonchev–Trinajstić information content (AvgIpc) is 3.49. The van der Waals surface area contributed by atoms with E-state index >= 15 is 0 Å². The number of hydrogen-bond donors (Lipinski definition) is 2. The van der Waals surface area contributed by atoms with Crippen LogP contribution in [-0.2, 0) is 22.6 Å². The number of fused-ring (bicyclic) bond motifs is 1. The number of nitrogens with zero attached hydrogens (tertiary/aromatic N) is 3. The molecule has 3 aromatic rings. The van der Waals surface area contributed by atoms with Gasteiger partial charge in [-0.3, -0.25) is 19.1 Å². The molecule has 1 saturated heterocycles. The van der Waals surface area contributed by atoms with Gasteiger partial charge in [0.25, 0.3) is 5.91 Å². The van der Waals surface area contributed by atoms with Crippen LogP contribution in [-0.4, -0.2) is 58.3 Å². The molecule has 34 heavy (non-hydrogen) atoms. The van der Waals surface area contributed by atoms with Crippen LogP contribution in [0.2, 0.25) is 0 Å². The van der Waals surface area contributed by atoms with Crippen LogP contribution >= 0.6 is 0 Å². The molecule has 1 aromatic heterocycles. The number of carbonyl (C=O) groups is 3. The quantitative estimate of drug-likeness (QED) is 0.574. The summed E-state index contributed by atoms with van der Waals surface area (Å²) < 4.78 is 12.0. The molecule has 0 spiro atoms. The highest BCUT2D eigenvalue weighted by atomic mass is 16.7. The molecule has 1 fully saturated rings. The number of carbonyl (C=O) groups excluding carboxylic acids is 3. The maximum absolute atomic E-state index is 13.0. The van der Waals surface area contributed by atoms with Crippen molar-refractivity contribution in [3.63, 3.8) is 0 Å². The lowest BCUT2D eigenvalue weighted by molar-refractivity contribution is -0.143. The summed E-state index contributed by atoms with van der Waals surface area (Å²) >= 11 is 0. The zero-order chi connectivity index (χ0) is 23.5. The molecule has 2 aliphatic rings. The van der Waals surface area contributed by atoms with E-state index in [2.05, 4.69) is 15.7 Å². The fraction of sp³-hybridized carbons (Fsp3) is 0.250. The van der Waals surface area contributed by atoms with Crippen molar-refractivity contribution in [3.8, 4) is 11.5 Å². The number of anilines is 1. The summed E-state index contributed by atoms with van der Waals surface area (Å²) in [5.74, 6) is 0.400. The molecule has 2 aliphatic heterocycles. The van der Waals surface area contributed by atoms with Crippen LogP contribution in [0.4, 0.5) is 5.69 Å². The summed E-state index contributed by atoms with van der Waals surface area (Å²) in [6.45, 7) is 0.924. The third-order valence-corrected chi connectivity index (χ3v) is 5.75. The molecule has 10 heteroatoms. The SMILES string of the molecule is O=C(Nc1cnn(CC(=O)N2CCNC(=O)C2Cc2ccccc2)c1)c1ccc2c(c1)OCO2. The molecular formula is C24H23N5O5. The van der Waals surface area contributed by atoms with Crippen molar-refractivity contribution in [1.82, 2.24) is 20.0 Å². The Morgan fingerprint density at radius 2 is 1.94 bits per heavy atom. The molecule has 3 amide bonds. The van der Waals surface area contributed by atoms with E-state index in [0.717, 1.165) is 5.56 Å². The average molecular weight is 461 g/mol. The van der Waals surface area contributed by atoms with E-state index in [9.17, 15) is 14.4 Å². The van der Waals surface area contributed by atoms with Gasteiger partial charge in [0.15, 0.2) is 11.5 Å². The minimum atomic E-state index is -0.579. The standard InChI is InChI=1S/C24H23N5O5/c30-22(29-9-8-25-24(32)19(29)10-16-4-2-1-3-5-16)14-28-13-18(12-26-28)27-23(31)17-6-7-20-21(11-17)34-15-33-20/h1-7,11-13,19H,8-10,14-15H2,(H,25,32)(H,27,31). The van der Waals surface area contributed by atoms with Crippen molar-refractivity contribution in [1.29, 1.82) is 0 Å². The molecule has 1 unspecified atom stereocenters. The van der Waals surface area contributed by atoms with Gasteiger partial charge in [-0.25, -0.2) is 0 Å². The Morgan fingerprint density at radius 3 is 2.79 bits per heavy atom. The van der Waals surface area contributed by atoms with E-state index in [1.807, 2.05) is 30.3 Å². The van der Waals surface area contributed by atoms with Gasteiger partial charge in [0.1, 0.15) is 12.6 Å². The van der Waals surface area contributed by atoms with Gasteiger partial charge < -0.3 is 25.0 Å². The second-order valence-corrected chi connectivity index (χ2v) is 8.03. The van der Waals surface area contributed by atoms with Gasteiger partial charge in [-0.2, -0.15) is 5.10 Å². The molecule has 2 N–H and O–H groups in total. The molecule has 10 nitrogen and oxygen atoms in total. The van der Waals surface area contributed by atoms with E-state index in [1.54, 1.807) is 29.3 Å². The zero-order valence-corrected chi connectivity index (χ0v) is 18.3. The second-order valence-electron chi connectivity index (χ2n) is 8.03. The first-order valence-corrected chi connectivity index (χ1v) is 10.9. The van der Waals surface area contributed by atoms with Crippen LogP contribution in [0.25, 0.3) is 0 Å². The Hall–Kier alpha value is -4.34. The van der Waals surface area contributed by atoms with Crippen molar-refractivity contribution in [2.75, 3.05) is 25.2 Å². The van der Waals surface area contributed by atoms with Crippen molar-refractivity contribution in [2.24, 2.45) is 0 Å². The first kappa shape index (κ1) is 21.5. The highest BCUT2D eigenvalue weighted by Crippen LogP contribution is 2.32. The molecule has 0 aliphatic carbocycles. The van der Waals surface area contributed by atoms with Gasteiger partial charge in [0.2, 0.25) is 18.6 Å². The lowest BCUT2D eigenvalue weighted by Gasteiger charge is -2.35. The molecule has 3 heterocycles. The Morgan fingerprint density at radius 1 is 1.12 bits per heavy atom. The number of rotatable bonds is 6. The van der Waals surface area contributed by atoms with Crippen LogP contribution < -0.4 is 20.1 Å². The molecular weight excluding hydrogens is 438 g/mol. The first-order valence-electron chi connectivity index (χ1n) is 10.9. The zero-order valence-electron chi connectivity index (χ0n) is 18.3. The van der Waals surface area contributed by atoms with Crippen molar-refractivity contribution < 1.29 is 23.9 Å². The fourth-order valence-corrected chi connectivity index (χ4v) is 4.04. The van der Waals surface area contributed by atoms with E-state index in [1.165, 1.54) is 10.9 Å². The van der Waals surface area contributed by atoms with Crippen molar-refractivity contribution in [2.45, 2.75) is 19.0 Å². The molecule has 0 saturated carbocycles. The van der Waals surface area contributed by atoms with E-state index in [-0.39, 0.29) is 31.1 Å². The Labute approximate surface area is 195 Å². The molecule has 1 atom stereocenters. The number of piperazine rings is 1. The summed E-state index contributed by atoms with van der Waals surface area (Å²) in [6, 6.07) is 14.0. The fourth-order valence-electron chi connectivity index (χ4n) is 4.04. The van der Waals surface area contributed by atoms with Gasteiger partial charge in [-0.15, -0.1) is 0 Å². The minimum Gasteiger partial charge on any atom is -0.454 e. The van der Waals surface area contributed by atoms with Gasteiger partial charge in [-0.1, -0.05) is 30.3 Å². The monoisotopic (exact) mass is 461 g/mol. The Kier molecular flexibility index (Phi) is 5.86. The summed E-state index contributed by atoms with van der Waals surface area (Å²) in [6.07, 6.45) is 3.50. The number of amides is 3. The third kappa shape index (κ3) is 4.56. The predicted octanol–water partition coefficient (Wildman–Crippen LogP) is 1.43. The highest BCUT2D eigenvalue weighted by molar-refractivity contribution is 6.04. The van der Waals surface area contributed by atoms with Gasteiger partial charge >= 0.3 is 0 Å². The van der Waals surface area contributed by atoms with Crippen LogP contribution in [0.5, 0.6) is 11.5 Å². The smallest absolute Gasteiger partial charge is 0.255 e. The van der Waals surface area contributed by atoms with Crippen LogP contribution in [0.1, 0.15) is 15.9 Å². The number of ether oxygens (including phenoxy) is 2. The van der Waals surface area contributed by atoms with Crippen LogP contribution in [0.3, 0.4) is 0 Å². The maximum atomic E-state index is 13.0. The number of aromatic nitrogens is 2. The van der Waals surface area contributed by atoms with Crippen LogP contribution in [0.15, 0.2) is 60.9 Å². The van der Waals surface area contributed by atoms with E-state index < -0.39 is 6.04 Å². The topological polar surface area (TPSA) is 115 Å². The second kappa shape index (κ2) is 9.26. The predicted molar refractivity (Wildman–Crippen MR) is 121 cm³/mol. The normalized spacial score (nSPS) is 16.8. The molecule has 2 aromatic carbocycles. The number of hydrogen-bond acceptors (Lipinski definition) is 6. The number of nitrogens with one attached hydrogen (secondary N) is 2. The van der Waals surface area contributed by atoms with E-state index in [0.29, 0.717) is 42.3 Å². The van der Waals surface area contributed by atoms with Gasteiger partial charge in [0.05, 0.1) is 11.9 Å². The van der Waals surface area contributed by atoms with E-state index in [4.69, 9.17) is 9.47 Å². The summed E-state index contributed by atoms with van der Waals surface area (Å²) in [4.78, 5) is 39.7. The number of benzene rings is 2. The summed E-state index contributed by atoms with van der Waals surface area (Å²) in [5.41, 5.74) is 1.85. The largest absolute Gasteiger partial charge is 0.454 e. The van der Waals surface area contributed by atoms with Crippen LogP contribution in [0, 0.1) is 0 Å². The third-order valence-electron chi connectivity index (χ3n) is 5.75. The minimum absolute atomic E-state index is 0.0432. The lowest BCUT2D eigenvalue weighted by atomic mass is 10.0. The van der Waals surface area contributed by atoms with Gasteiger partial charge in [0, 0.05) is 31.3 Å². The Balaban J connectivity index is 1.23. The Bertz CT molecular complexity index is 1230. The highest BCUT2D eigenvalue weighted by Gasteiger charge is 2.33. The lowest BCUT2D eigenvalue weighted by Crippen LogP contribution is -2.58. The molecule has 0 radical (unpaired) electrons. The molecule has 174 valence electrons.